The lowest BCUT2D eigenvalue weighted by Crippen LogP contribution is -2.35. The Bertz CT molecular complexity index is 1080. The first-order chi connectivity index (χ1) is 15.6. The molecule has 9 heteroatoms. The number of aryl methyl sites for hydroxylation is 1. The van der Waals surface area contributed by atoms with Crippen molar-refractivity contribution < 1.29 is 4.79 Å². The molecule has 32 heavy (non-hydrogen) atoms. The third kappa shape index (κ3) is 5.12. The standard InChI is InChI=1S/C18H21N5.C5H7N3O/c1-14-5-7-16(8-6-14)23-18(22-11-3-10-20-22)12-17(21-23)15-4-2-9-19-13-15;6-5(9)8-3-1-2-7-4-8/h3,5-8,10-12,15,19H,2,4,9,13H2,1H3;1-2,4H,3H2,(H2,6,9). The van der Waals surface area contributed by atoms with Crippen LogP contribution >= 0.6 is 0 Å². The molecule has 0 radical (unpaired) electrons. The van der Waals surface area contributed by atoms with Gasteiger partial charge in [0.1, 0.15) is 0 Å². The summed E-state index contributed by atoms with van der Waals surface area (Å²) in [6.07, 6.45) is 10.9. The van der Waals surface area contributed by atoms with E-state index in [4.69, 9.17) is 10.8 Å². The molecule has 1 atom stereocenters. The molecule has 0 spiro atoms. The highest BCUT2D eigenvalue weighted by Crippen LogP contribution is 2.26. The smallest absolute Gasteiger partial charge is 0.320 e. The molecule has 5 rings (SSSR count). The zero-order chi connectivity index (χ0) is 22.3. The summed E-state index contributed by atoms with van der Waals surface area (Å²) in [6.45, 7) is 4.74. The van der Waals surface area contributed by atoms with Crippen LogP contribution in [0.1, 0.15) is 30.0 Å². The number of rotatable bonds is 3. The highest BCUT2D eigenvalue weighted by atomic mass is 16.2. The lowest BCUT2D eigenvalue weighted by Gasteiger charge is -2.20. The summed E-state index contributed by atoms with van der Waals surface area (Å²) in [5, 5.41) is 12.8. The quantitative estimate of drug-likeness (QED) is 0.664. The fourth-order valence-corrected chi connectivity index (χ4v) is 3.67. The van der Waals surface area contributed by atoms with Crippen LogP contribution in [0.5, 0.6) is 0 Å². The Morgan fingerprint density at radius 3 is 2.69 bits per heavy atom. The molecule has 3 aromatic rings. The summed E-state index contributed by atoms with van der Waals surface area (Å²) in [5.41, 5.74) is 8.39. The number of aromatic nitrogens is 4. The van der Waals surface area contributed by atoms with E-state index in [1.165, 1.54) is 29.6 Å². The predicted octanol–water partition coefficient (Wildman–Crippen LogP) is 2.76. The van der Waals surface area contributed by atoms with Gasteiger partial charge < -0.3 is 11.1 Å². The minimum Gasteiger partial charge on any atom is -0.351 e. The van der Waals surface area contributed by atoms with Gasteiger partial charge in [-0.1, -0.05) is 17.7 Å². The number of primary amides is 1. The number of piperidine rings is 1. The third-order valence-electron chi connectivity index (χ3n) is 5.42. The van der Waals surface area contributed by atoms with E-state index >= 15 is 0 Å². The van der Waals surface area contributed by atoms with E-state index in [0.717, 1.165) is 30.3 Å². The van der Waals surface area contributed by atoms with Crippen LogP contribution in [0.2, 0.25) is 0 Å². The molecule has 3 N–H and O–H groups in total. The van der Waals surface area contributed by atoms with E-state index < -0.39 is 6.03 Å². The Morgan fingerprint density at radius 1 is 1.25 bits per heavy atom. The lowest BCUT2D eigenvalue weighted by molar-refractivity contribution is 0.233. The molecule has 9 nitrogen and oxygen atoms in total. The second-order valence-corrected chi connectivity index (χ2v) is 7.81. The molecular weight excluding hydrogens is 404 g/mol. The maximum atomic E-state index is 10.4. The topological polar surface area (TPSA) is 106 Å². The second-order valence-electron chi connectivity index (χ2n) is 7.81. The van der Waals surface area contributed by atoms with Gasteiger partial charge in [0.15, 0.2) is 5.82 Å². The Morgan fingerprint density at radius 2 is 2.09 bits per heavy atom. The Balaban J connectivity index is 0.000000230. The van der Waals surface area contributed by atoms with Crippen molar-refractivity contribution in [3.63, 3.8) is 0 Å². The van der Waals surface area contributed by atoms with Crippen LogP contribution in [0.15, 0.2) is 66.1 Å². The van der Waals surface area contributed by atoms with Gasteiger partial charge in [0.2, 0.25) is 0 Å². The Kier molecular flexibility index (Phi) is 6.76. The number of nitrogens with two attached hydrogens (primary N) is 1. The molecule has 166 valence electrons. The van der Waals surface area contributed by atoms with Gasteiger partial charge in [0.05, 0.1) is 17.7 Å². The highest BCUT2D eigenvalue weighted by Gasteiger charge is 2.21. The number of aliphatic imine (C=N–C) groups is 1. The van der Waals surface area contributed by atoms with E-state index in [-0.39, 0.29) is 0 Å². The van der Waals surface area contributed by atoms with E-state index in [2.05, 4.69) is 52.7 Å². The number of carbonyl (C=O) groups is 1. The van der Waals surface area contributed by atoms with Crippen LogP contribution in [-0.4, -0.2) is 56.5 Å². The average molecular weight is 433 g/mol. The molecule has 2 amide bonds. The first kappa shape index (κ1) is 21.5. The largest absolute Gasteiger partial charge is 0.351 e. The summed E-state index contributed by atoms with van der Waals surface area (Å²) in [7, 11) is 0. The van der Waals surface area contributed by atoms with Crippen LogP contribution in [0.25, 0.3) is 11.5 Å². The number of urea groups is 1. The SMILES string of the molecule is Cc1ccc(-n2nc(C3CCCNC3)cc2-n2cccn2)cc1.NC(=O)N1C=NC=CC1. The average Bonchev–Trinajstić information content (AvgIpc) is 3.51. The van der Waals surface area contributed by atoms with Gasteiger partial charge in [-0.2, -0.15) is 10.2 Å². The maximum absolute atomic E-state index is 10.4. The number of hydrogen-bond acceptors (Lipinski definition) is 5. The van der Waals surface area contributed by atoms with Gasteiger partial charge in [-0.05, 0) is 50.6 Å². The summed E-state index contributed by atoms with van der Waals surface area (Å²) in [5.74, 6) is 1.46. The molecule has 0 aliphatic carbocycles. The van der Waals surface area contributed by atoms with Crippen molar-refractivity contribution in [1.29, 1.82) is 0 Å². The van der Waals surface area contributed by atoms with Gasteiger partial charge in [-0.15, -0.1) is 0 Å². The molecule has 2 aliphatic heterocycles. The molecule has 1 aromatic carbocycles. The van der Waals surface area contributed by atoms with E-state index in [0.29, 0.717) is 12.5 Å². The summed E-state index contributed by atoms with van der Waals surface area (Å²) in [6, 6.07) is 12.1. The number of benzene rings is 1. The molecular formula is C23H28N8O. The number of nitrogens with zero attached hydrogens (tertiary/aromatic N) is 6. The minimum absolute atomic E-state index is 0.469. The molecule has 0 bridgehead atoms. The monoisotopic (exact) mass is 432 g/mol. The molecule has 1 unspecified atom stereocenters. The number of hydrogen-bond donors (Lipinski definition) is 2. The summed E-state index contributed by atoms with van der Waals surface area (Å²) in [4.78, 5) is 15.4. The molecule has 2 aromatic heterocycles. The van der Waals surface area contributed by atoms with Crippen molar-refractivity contribution in [3.05, 3.63) is 72.3 Å². The maximum Gasteiger partial charge on any atom is 0.320 e. The minimum atomic E-state index is -0.469. The molecule has 1 saturated heterocycles. The van der Waals surface area contributed by atoms with Crippen LogP contribution in [-0.2, 0) is 0 Å². The van der Waals surface area contributed by atoms with Crippen molar-refractivity contribution in [2.75, 3.05) is 19.6 Å². The molecule has 1 fully saturated rings. The van der Waals surface area contributed by atoms with E-state index in [1.54, 1.807) is 18.5 Å². The highest BCUT2D eigenvalue weighted by molar-refractivity contribution is 5.85. The summed E-state index contributed by atoms with van der Waals surface area (Å²) >= 11 is 0. The zero-order valence-electron chi connectivity index (χ0n) is 18.1. The Labute approximate surface area is 187 Å². The fraction of sp³-hybridized carbons (Fsp3) is 0.304. The van der Waals surface area contributed by atoms with E-state index in [1.807, 2.05) is 21.6 Å². The number of carbonyl (C=O) groups excluding carboxylic acids is 1. The van der Waals surface area contributed by atoms with Crippen molar-refractivity contribution >= 4 is 12.4 Å². The zero-order valence-corrected chi connectivity index (χ0v) is 18.1. The molecule has 0 saturated carbocycles. The second kappa shape index (κ2) is 10.1. The first-order valence-corrected chi connectivity index (χ1v) is 10.7. The van der Waals surface area contributed by atoms with Crippen molar-refractivity contribution in [1.82, 2.24) is 29.8 Å². The van der Waals surface area contributed by atoms with Crippen molar-refractivity contribution in [3.8, 4) is 11.5 Å². The Hall–Kier alpha value is -3.72. The van der Waals surface area contributed by atoms with E-state index in [9.17, 15) is 4.79 Å². The van der Waals surface area contributed by atoms with Gasteiger partial charge in [0.25, 0.3) is 0 Å². The number of amides is 2. The van der Waals surface area contributed by atoms with Crippen LogP contribution in [0, 0.1) is 6.92 Å². The van der Waals surface area contributed by atoms with Gasteiger partial charge in [0, 0.05) is 43.7 Å². The molecule has 4 heterocycles. The fourth-order valence-electron chi connectivity index (χ4n) is 3.67. The predicted molar refractivity (Wildman–Crippen MR) is 124 cm³/mol. The summed E-state index contributed by atoms with van der Waals surface area (Å²) < 4.78 is 3.88. The first-order valence-electron chi connectivity index (χ1n) is 10.7. The van der Waals surface area contributed by atoms with Gasteiger partial charge in [-0.25, -0.2) is 19.2 Å². The van der Waals surface area contributed by atoms with Gasteiger partial charge >= 0.3 is 6.03 Å². The van der Waals surface area contributed by atoms with Crippen molar-refractivity contribution in [2.24, 2.45) is 10.7 Å². The lowest BCUT2D eigenvalue weighted by atomic mass is 9.96. The van der Waals surface area contributed by atoms with Crippen molar-refractivity contribution in [2.45, 2.75) is 25.7 Å². The normalized spacial score (nSPS) is 17.7. The van der Waals surface area contributed by atoms with Crippen LogP contribution in [0.4, 0.5) is 4.79 Å². The number of nitrogens with one attached hydrogen (secondary N) is 1. The van der Waals surface area contributed by atoms with Crippen LogP contribution in [0.3, 0.4) is 0 Å². The van der Waals surface area contributed by atoms with Crippen LogP contribution < -0.4 is 11.1 Å². The third-order valence-corrected chi connectivity index (χ3v) is 5.42. The van der Waals surface area contributed by atoms with Gasteiger partial charge in [-0.3, -0.25) is 4.90 Å². The molecule has 2 aliphatic rings.